The van der Waals surface area contributed by atoms with Crippen LogP contribution in [0.15, 0.2) is 23.6 Å². The van der Waals surface area contributed by atoms with Gasteiger partial charge in [-0.25, -0.2) is 9.37 Å². The molecule has 0 fully saturated rings. The van der Waals surface area contributed by atoms with E-state index in [2.05, 4.69) is 4.98 Å². The molecule has 1 aromatic heterocycles. The van der Waals surface area contributed by atoms with Crippen LogP contribution in [0.25, 0.3) is 0 Å². The number of halogens is 1. The summed E-state index contributed by atoms with van der Waals surface area (Å²) in [5.74, 6) is 0.410. The molecule has 0 atom stereocenters. The number of ether oxygens (including phenoxy) is 1. The van der Waals surface area contributed by atoms with Crippen LogP contribution < -0.4 is 10.5 Å². The zero-order valence-electron chi connectivity index (χ0n) is 9.44. The standard InChI is InChI=1S/C12H13FN2OS/c1-16-11-3-2-9(13)4-8(11)5-12-15-10(6-14)7-17-12/h2-4,7H,5-6,14H2,1H3. The number of rotatable bonds is 4. The quantitative estimate of drug-likeness (QED) is 0.908. The first-order chi connectivity index (χ1) is 8.22. The molecule has 0 bridgehead atoms. The second-order valence-electron chi connectivity index (χ2n) is 3.57. The topological polar surface area (TPSA) is 48.1 Å². The third-order valence-corrected chi connectivity index (χ3v) is 3.29. The maximum atomic E-state index is 13.2. The molecule has 2 aromatic rings. The maximum absolute atomic E-state index is 13.2. The highest BCUT2D eigenvalue weighted by atomic mass is 32.1. The Labute approximate surface area is 103 Å². The largest absolute Gasteiger partial charge is 0.496 e. The highest BCUT2D eigenvalue weighted by Crippen LogP contribution is 2.23. The number of thiazole rings is 1. The van der Waals surface area contributed by atoms with E-state index in [1.54, 1.807) is 13.2 Å². The summed E-state index contributed by atoms with van der Waals surface area (Å²) in [4.78, 5) is 4.34. The Bertz CT molecular complexity index is 513. The van der Waals surface area contributed by atoms with Crippen molar-refractivity contribution in [1.29, 1.82) is 0 Å². The van der Waals surface area contributed by atoms with Gasteiger partial charge in [0.15, 0.2) is 0 Å². The van der Waals surface area contributed by atoms with Crippen LogP contribution in [-0.2, 0) is 13.0 Å². The van der Waals surface area contributed by atoms with Crippen molar-refractivity contribution in [2.45, 2.75) is 13.0 Å². The first-order valence-corrected chi connectivity index (χ1v) is 6.06. The van der Waals surface area contributed by atoms with Gasteiger partial charge in [0.25, 0.3) is 0 Å². The summed E-state index contributed by atoms with van der Waals surface area (Å²) in [7, 11) is 1.57. The maximum Gasteiger partial charge on any atom is 0.123 e. The fourth-order valence-corrected chi connectivity index (χ4v) is 2.40. The lowest BCUT2D eigenvalue weighted by molar-refractivity contribution is 0.409. The molecule has 0 saturated carbocycles. The van der Waals surface area contributed by atoms with E-state index >= 15 is 0 Å². The number of hydrogen-bond acceptors (Lipinski definition) is 4. The molecular formula is C12H13FN2OS. The van der Waals surface area contributed by atoms with Crippen molar-refractivity contribution in [2.24, 2.45) is 5.73 Å². The minimum absolute atomic E-state index is 0.267. The Morgan fingerprint density at radius 2 is 2.29 bits per heavy atom. The number of benzene rings is 1. The van der Waals surface area contributed by atoms with E-state index < -0.39 is 0 Å². The predicted octanol–water partition coefficient (Wildman–Crippen LogP) is 2.34. The van der Waals surface area contributed by atoms with Crippen LogP contribution in [0.1, 0.15) is 16.3 Å². The molecule has 17 heavy (non-hydrogen) atoms. The average molecular weight is 252 g/mol. The smallest absolute Gasteiger partial charge is 0.123 e. The van der Waals surface area contributed by atoms with Crippen molar-refractivity contribution in [1.82, 2.24) is 4.98 Å². The van der Waals surface area contributed by atoms with Crippen LogP contribution in [0.3, 0.4) is 0 Å². The molecule has 0 aliphatic heterocycles. The van der Waals surface area contributed by atoms with Crippen molar-refractivity contribution in [3.8, 4) is 5.75 Å². The summed E-state index contributed by atoms with van der Waals surface area (Å²) >= 11 is 1.52. The molecule has 2 N–H and O–H groups in total. The third-order valence-electron chi connectivity index (χ3n) is 2.39. The fraction of sp³-hybridized carbons (Fsp3) is 0.250. The SMILES string of the molecule is COc1ccc(F)cc1Cc1nc(CN)cs1. The van der Waals surface area contributed by atoms with Gasteiger partial charge in [0.05, 0.1) is 17.8 Å². The number of methoxy groups -OCH3 is 1. The van der Waals surface area contributed by atoms with Crippen LogP contribution in [0.2, 0.25) is 0 Å². The lowest BCUT2D eigenvalue weighted by Gasteiger charge is -2.06. The molecule has 1 heterocycles. The first kappa shape index (κ1) is 12.0. The average Bonchev–Trinajstić information content (AvgIpc) is 2.77. The fourth-order valence-electron chi connectivity index (χ4n) is 1.57. The second-order valence-corrected chi connectivity index (χ2v) is 4.51. The number of hydrogen-bond donors (Lipinski definition) is 1. The van der Waals surface area contributed by atoms with Gasteiger partial charge in [-0.15, -0.1) is 11.3 Å². The number of nitrogens with zero attached hydrogens (tertiary/aromatic N) is 1. The molecule has 1 aromatic carbocycles. The minimum atomic E-state index is -0.267. The van der Waals surface area contributed by atoms with Crippen molar-refractivity contribution < 1.29 is 9.13 Å². The van der Waals surface area contributed by atoms with Gasteiger partial charge in [-0.2, -0.15) is 0 Å². The lowest BCUT2D eigenvalue weighted by atomic mass is 10.1. The summed E-state index contributed by atoms with van der Waals surface area (Å²) in [5, 5.41) is 2.83. The van der Waals surface area contributed by atoms with Gasteiger partial charge in [0.2, 0.25) is 0 Å². The lowest BCUT2D eigenvalue weighted by Crippen LogP contribution is -1.98. The van der Waals surface area contributed by atoms with E-state index in [0.29, 0.717) is 18.7 Å². The molecule has 2 rings (SSSR count). The molecule has 90 valence electrons. The Morgan fingerprint density at radius 3 is 2.94 bits per heavy atom. The normalized spacial score (nSPS) is 10.5. The highest BCUT2D eigenvalue weighted by molar-refractivity contribution is 7.09. The minimum Gasteiger partial charge on any atom is -0.496 e. The van der Waals surface area contributed by atoms with E-state index in [9.17, 15) is 4.39 Å². The van der Waals surface area contributed by atoms with Crippen LogP contribution in [0, 0.1) is 5.82 Å². The molecule has 0 radical (unpaired) electrons. The Balaban J connectivity index is 2.25. The first-order valence-electron chi connectivity index (χ1n) is 5.18. The summed E-state index contributed by atoms with van der Waals surface area (Å²) in [5.41, 5.74) is 7.15. The molecule has 0 amide bonds. The van der Waals surface area contributed by atoms with Crippen LogP contribution in [0.4, 0.5) is 4.39 Å². The van der Waals surface area contributed by atoms with Crippen LogP contribution >= 0.6 is 11.3 Å². The van der Waals surface area contributed by atoms with Gasteiger partial charge in [-0.05, 0) is 18.2 Å². The van der Waals surface area contributed by atoms with Crippen LogP contribution in [-0.4, -0.2) is 12.1 Å². The van der Waals surface area contributed by atoms with Gasteiger partial charge in [0, 0.05) is 23.9 Å². The Morgan fingerprint density at radius 1 is 1.47 bits per heavy atom. The molecule has 0 spiro atoms. The third kappa shape index (κ3) is 2.81. The van der Waals surface area contributed by atoms with E-state index in [1.807, 2.05) is 5.38 Å². The molecule has 0 aliphatic carbocycles. The zero-order valence-corrected chi connectivity index (χ0v) is 10.3. The van der Waals surface area contributed by atoms with E-state index in [1.165, 1.54) is 23.5 Å². The van der Waals surface area contributed by atoms with E-state index in [0.717, 1.165) is 16.3 Å². The van der Waals surface area contributed by atoms with E-state index in [-0.39, 0.29) is 5.82 Å². The molecule has 3 nitrogen and oxygen atoms in total. The Hall–Kier alpha value is -1.46. The van der Waals surface area contributed by atoms with Gasteiger partial charge >= 0.3 is 0 Å². The van der Waals surface area contributed by atoms with Gasteiger partial charge in [-0.3, -0.25) is 0 Å². The predicted molar refractivity (Wildman–Crippen MR) is 65.8 cm³/mol. The van der Waals surface area contributed by atoms with E-state index in [4.69, 9.17) is 10.5 Å². The summed E-state index contributed by atoms with van der Waals surface area (Å²) in [6, 6.07) is 4.49. The van der Waals surface area contributed by atoms with Crippen molar-refractivity contribution >= 4 is 11.3 Å². The molecular weight excluding hydrogens is 239 g/mol. The molecule has 5 heteroatoms. The summed E-state index contributed by atoms with van der Waals surface area (Å²) in [6.45, 7) is 0.427. The van der Waals surface area contributed by atoms with Gasteiger partial charge in [-0.1, -0.05) is 0 Å². The van der Waals surface area contributed by atoms with Gasteiger partial charge in [0.1, 0.15) is 11.6 Å². The molecule has 0 aliphatic rings. The van der Waals surface area contributed by atoms with Crippen molar-refractivity contribution in [3.05, 3.63) is 45.7 Å². The monoisotopic (exact) mass is 252 g/mol. The number of aromatic nitrogens is 1. The molecule has 0 unspecified atom stereocenters. The van der Waals surface area contributed by atoms with Gasteiger partial charge < -0.3 is 10.5 Å². The zero-order chi connectivity index (χ0) is 12.3. The Kier molecular flexibility index (Phi) is 3.71. The number of nitrogens with two attached hydrogens (primary N) is 1. The van der Waals surface area contributed by atoms with Crippen molar-refractivity contribution in [2.75, 3.05) is 7.11 Å². The molecule has 0 saturated heterocycles. The highest BCUT2D eigenvalue weighted by Gasteiger charge is 2.08. The van der Waals surface area contributed by atoms with Crippen LogP contribution in [0.5, 0.6) is 5.75 Å². The second kappa shape index (κ2) is 5.25. The summed E-state index contributed by atoms with van der Waals surface area (Å²) < 4.78 is 18.4. The van der Waals surface area contributed by atoms with Crippen molar-refractivity contribution in [3.63, 3.8) is 0 Å². The summed E-state index contributed by atoms with van der Waals surface area (Å²) in [6.07, 6.45) is 0.561.